The van der Waals surface area contributed by atoms with Crippen LogP contribution >= 0.6 is 11.8 Å². The highest BCUT2D eigenvalue weighted by Gasteiger charge is 2.45. The highest BCUT2D eigenvalue weighted by atomic mass is 32.2. The third-order valence-electron chi connectivity index (χ3n) is 4.17. The van der Waals surface area contributed by atoms with Gasteiger partial charge in [0, 0.05) is 29.4 Å². The Balaban J connectivity index is 1.99. The zero-order chi connectivity index (χ0) is 15.3. The number of nitrogens with two attached hydrogens (primary N) is 1. The molecule has 1 aliphatic carbocycles. The van der Waals surface area contributed by atoms with Gasteiger partial charge in [0.2, 0.25) is 0 Å². The second-order valence-electron chi connectivity index (χ2n) is 5.84. The second-order valence-corrected chi connectivity index (χ2v) is 6.97. The molecule has 0 radical (unpaired) electrons. The van der Waals surface area contributed by atoms with Crippen molar-refractivity contribution in [2.75, 3.05) is 12.9 Å². The number of aromatic nitrogens is 1. The Hall–Kier alpha value is -1.07. The molecule has 0 bridgehead atoms. The van der Waals surface area contributed by atoms with Gasteiger partial charge >= 0.3 is 5.97 Å². The Bertz CT molecular complexity index is 463. The van der Waals surface area contributed by atoms with E-state index in [1.54, 1.807) is 0 Å². The van der Waals surface area contributed by atoms with E-state index in [0.717, 1.165) is 25.0 Å². The van der Waals surface area contributed by atoms with E-state index in [9.17, 15) is 4.79 Å². The van der Waals surface area contributed by atoms with Crippen LogP contribution in [0.15, 0.2) is 24.5 Å². The maximum absolute atomic E-state index is 11.5. The van der Waals surface area contributed by atoms with Gasteiger partial charge < -0.3 is 10.5 Å². The first kappa shape index (κ1) is 16.3. The lowest BCUT2D eigenvalue weighted by Crippen LogP contribution is -2.27. The minimum absolute atomic E-state index is 0.103. The quantitative estimate of drug-likeness (QED) is 0.748. The van der Waals surface area contributed by atoms with Gasteiger partial charge in [-0.3, -0.25) is 9.78 Å². The Kier molecular flexibility index (Phi) is 5.65. The molecule has 0 amide bonds. The van der Waals surface area contributed by atoms with Gasteiger partial charge in [0.25, 0.3) is 0 Å². The number of pyridine rings is 1. The van der Waals surface area contributed by atoms with Gasteiger partial charge in [-0.2, -0.15) is 11.8 Å². The average molecular weight is 308 g/mol. The largest absolute Gasteiger partial charge is 0.469 e. The third-order valence-corrected chi connectivity index (χ3v) is 5.93. The van der Waals surface area contributed by atoms with Crippen molar-refractivity contribution in [1.29, 1.82) is 0 Å². The third kappa shape index (κ3) is 4.45. The SMILES string of the molecule is CCC(N)C(SCC1(CC(=O)OC)CC1)c1ccncc1. The summed E-state index contributed by atoms with van der Waals surface area (Å²) in [6.07, 6.45) is 7.31. The Morgan fingerprint density at radius 2 is 2.14 bits per heavy atom. The summed E-state index contributed by atoms with van der Waals surface area (Å²) in [6, 6.07) is 4.19. The Labute approximate surface area is 130 Å². The van der Waals surface area contributed by atoms with Gasteiger partial charge in [0.1, 0.15) is 0 Å². The van der Waals surface area contributed by atoms with Crippen molar-refractivity contribution in [3.8, 4) is 0 Å². The molecule has 21 heavy (non-hydrogen) atoms. The summed E-state index contributed by atoms with van der Waals surface area (Å²) in [7, 11) is 1.46. The van der Waals surface area contributed by atoms with Crippen LogP contribution in [0.3, 0.4) is 0 Å². The number of ether oxygens (including phenoxy) is 1. The van der Waals surface area contributed by atoms with Gasteiger partial charge in [0.05, 0.1) is 13.5 Å². The van der Waals surface area contributed by atoms with Crippen LogP contribution in [0.1, 0.15) is 43.4 Å². The molecule has 1 saturated carbocycles. The van der Waals surface area contributed by atoms with E-state index < -0.39 is 0 Å². The molecule has 1 aromatic heterocycles. The van der Waals surface area contributed by atoms with E-state index in [-0.39, 0.29) is 22.7 Å². The normalized spacial score (nSPS) is 18.8. The molecule has 4 nitrogen and oxygen atoms in total. The molecule has 2 unspecified atom stereocenters. The minimum atomic E-state index is -0.103. The Morgan fingerprint density at radius 1 is 1.48 bits per heavy atom. The van der Waals surface area contributed by atoms with Crippen LogP contribution in [0.5, 0.6) is 0 Å². The van der Waals surface area contributed by atoms with Crippen molar-refractivity contribution in [3.63, 3.8) is 0 Å². The number of carbonyl (C=O) groups excluding carboxylic acids is 1. The molecule has 2 N–H and O–H groups in total. The summed E-state index contributed by atoms with van der Waals surface area (Å²) < 4.78 is 4.80. The molecule has 2 atom stereocenters. The van der Waals surface area contributed by atoms with Crippen molar-refractivity contribution in [3.05, 3.63) is 30.1 Å². The van der Waals surface area contributed by atoms with Crippen LogP contribution in [0, 0.1) is 5.41 Å². The summed E-state index contributed by atoms with van der Waals surface area (Å²) in [6.45, 7) is 2.11. The first-order chi connectivity index (χ1) is 10.1. The average Bonchev–Trinajstić information content (AvgIpc) is 3.27. The van der Waals surface area contributed by atoms with Crippen molar-refractivity contribution >= 4 is 17.7 Å². The maximum atomic E-state index is 11.5. The van der Waals surface area contributed by atoms with Crippen LogP contribution < -0.4 is 5.73 Å². The molecule has 1 aromatic rings. The summed E-state index contributed by atoms with van der Waals surface area (Å²) in [5.41, 5.74) is 7.65. The maximum Gasteiger partial charge on any atom is 0.306 e. The van der Waals surface area contributed by atoms with E-state index in [4.69, 9.17) is 10.5 Å². The number of carbonyl (C=O) groups is 1. The van der Waals surface area contributed by atoms with Crippen LogP contribution in [-0.2, 0) is 9.53 Å². The summed E-state index contributed by atoms with van der Waals surface area (Å²) in [4.78, 5) is 15.6. The summed E-state index contributed by atoms with van der Waals surface area (Å²) in [5, 5.41) is 0.258. The van der Waals surface area contributed by atoms with E-state index in [1.165, 1.54) is 12.7 Å². The highest BCUT2D eigenvalue weighted by molar-refractivity contribution is 7.99. The van der Waals surface area contributed by atoms with Crippen molar-refractivity contribution < 1.29 is 9.53 Å². The molecule has 1 aliphatic rings. The number of rotatable bonds is 8. The van der Waals surface area contributed by atoms with Crippen LogP contribution in [0.2, 0.25) is 0 Å². The zero-order valence-corrected chi connectivity index (χ0v) is 13.6. The van der Waals surface area contributed by atoms with E-state index in [1.807, 2.05) is 36.3 Å². The van der Waals surface area contributed by atoms with Gasteiger partial charge in [-0.25, -0.2) is 0 Å². The molecular weight excluding hydrogens is 284 g/mol. The molecule has 1 heterocycles. The van der Waals surface area contributed by atoms with Crippen LogP contribution in [-0.4, -0.2) is 29.9 Å². The number of thioether (sulfide) groups is 1. The zero-order valence-electron chi connectivity index (χ0n) is 12.7. The molecule has 5 heteroatoms. The molecule has 0 aliphatic heterocycles. The van der Waals surface area contributed by atoms with E-state index in [0.29, 0.717) is 6.42 Å². The monoisotopic (exact) mass is 308 g/mol. The summed E-state index contributed by atoms with van der Waals surface area (Å²) >= 11 is 1.87. The van der Waals surface area contributed by atoms with E-state index in [2.05, 4.69) is 11.9 Å². The first-order valence-corrected chi connectivity index (χ1v) is 8.49. The molecule has 116 valence electrons. The Morgan fingerprint density at radius 3 is 2.67 bits per heavy atom. The fourth-order valence-corrected chi connectivity index (χ4v) is 4.14. The van der Waals surface area contributed by atoms with Gasteiger partial charge in [-0.15, -0.1) is 0 Å². The number of methoxy groups -OCH3 is 1. The summed E-state index contributed by atoms with van der Waals surface area (Å²) in [5.74, 6) is 0.858. The fourth-order valence-electron chi connectivity index (χ4n) is 2.43. The van der Waals surface area contributed by atoms with Crippen LogP contribution in [0.4, 0.5) is 0 Å². The van der Waals surface area contributed by atoms with E-state index >= 15 is 0 Å². The van der Waals surface area contributed by atoms with Crippen LogP contribution in [0.25, 0.3) is 0 Å². The number of hydrogen-bond acceptors (Lipinski definition) is 5. The molecular formula is C16H24N2O2S. The second kappa shape index (κ2) is 7.27. The van der Waals surface area contributed by atoms with Gasteiger partial charge in [0.15, 0.2) is 0 Å². The molecule has 0 spiro atoms. The number of esters is 1. The fraction of sp³-hybridized carbons (Fsp3) is 0.625. The first-order valence-electron chi connectivity index (χ1n) is 7.44. The topological polar surface area (TPSA) is 65.2 Å². The minimum Gasteiger partial charge on any atom is -0.469 e. The molecule has 2 rings (SSSR count). The van der Waals surface area contributed by atoms with Crippen molar-refractivity contribution in [1.82, 2.24) is 4.98 Å². The van der Waals surface area contributed by atoms with Crippen molar-refractivity contribution in [2.45, 2.75) is 43.9 Å². The van der Waals surface area contributed by atoms with Gasteiger partial charge in [-0.05, 0) is 42.4 Å². The number of nitrogens with zero attached hydrogens (tertiary/aromatic N) is 1. The molecule has 0 aromatic carbocycles. The van der Waals surface area contributed by atoms with Gasteiger partial charge in [-0.1, -0.05) is 6.92 Å². The number of hydrogen-bond donors (Lipinski definition) is 1. The highest BCUT2D eigenvalue weighted by Crippen LogP contribution is 2.53. The van der Waals surface area contributed by atoms with Crippen molar-refractivity contribution in [2.24, 2.45) is 11.1 Å². The predicted molar refractivity (Wildman–Crippen MR) is 86.0 cm³/mol. The predicted octanol–water partition coefficient (Wildman–Crippen LogP) is 2.94. The standard InChI is InChI=1S/C16H24N2O2S/c1-3-13(17)15(12-4-8-18-9-5-12)21-11-16(6-7-16)10-14(19)20-2/h4-5,8-9,13,15H,3,6-7,10-11,17H2,1-2H3. The lowest BCUT2D eigenvalue weighted by Gasteiger charge is -2.25. The lowest BCUT2D eigenvalue weighted by molar-refractivity contribution is -0.141. The molecule has 0 saturated heterocycles. The molecule has 1 fully saturated rings. The smallest absolute Gasteiger partial charge is 0.306 e. The lowest BCUT2D eigenvalue weighted by atomic mass is 10.1.